The minimum Gasteiger partial charge on any atom is -0.481 e. The van der Waals surface area contributed by atoms with Gasteiger partial charge in [0.15, 0.2) is 9.84 Å². The number of carbonyl (C=O) groups is 2. The number of urea groups is 1. The molecule has 1 saturated heterocycles. The van der Waals surface area contributed by atoms with Crippen molar-refractivity contribution in [1.29, 1.82) is 0 Å². The molecule has 1 aliphatic heterocycles. The van der Waals surface area contributed by atoms with Crippen molar-refractivity contribution in [2.45, 2.75) is 24.8 Å². The molecule has 1 aromatic carbocycles. The van der Waals surface area contributed by atoms with Crippen molar-refractivity contribution in [3.63, 3.8) is 0 Å². The Morgan fingerprint density at radius 2 is 2.04 bits per heavy atom. The second kappa shape index (κ2) is 7.61. The molecular weight excluding hydrogens is 368 g/mol. The number of carboxylic acids is 1. The number of hydrogen-bond acceptors (Lipinski definition) is 4. The van der Waals surface area contributed by atoms with Gasteiger partial charge in [0.05, 0.1) is 15.8 Å². The number of piperidine rings is 1. The van der Waals surface area contributed by atoms with Crippen molar-refractivity contribution < 1.29 is 23.1 Å². The second-order valence-electron chi connectivity index (χ2n) is 6.48. The summed E-state index contributed by atoms with van der Waals surface area (Å²) in [4.78, 5) is 25.0. The predicted molar refractivity (Wildman–Crippen MR) is 93.3 cm³/mol. The highest BCUT2D eigenvalue weighted by Crippen LogP contribution is 2.23. The topological polar surface area (TPSA) is 104 Å². The van der Waals surface area contributed by atoms with E-state index in [1.165, 1.54) is 17.0 Å². The summed E-state index contributed by atoms with van der Waals surface area (Å²) in [6, 6.07) is 4.14. The van der Waals surface area contributed by atoms with E-state index in [4.69, 9.17) is 16.7 Å². The highest BCUT2D eigenvalue weighted by Gasteiger charge is 2.31. The molecule has 1 aromatic rings. The Morgan fingerprint density at radius 1 is 1.36 bits per heavy atom. The molecule has 0 saturated carbocycles. The molecule has 25 heavy (non-hydrogen) atoms. The minimum absolute atomic E-state index is 0.0402. The van der Waals surface area contributed by atoms with Crippen LogP contribution in [0.3, 0.4) is 0 Å². The largest absolute Gasteiger partial charge is 0.481 e. The van der Waals surface area contributed by atoms with Crippen molar-refractivity contribution in [1.82, 2.24) is 10.2 Å². The van der Waals surface area contributed by atoms with E-state index in [1.807, 2.05) is 6.92 Å². The van der Waals surface area contributed by atoms with Crippen LogP contribution < -0.4 is 5.32 Å². The summed E-state index contributed by atoms with van der Waals surface area (Å²) in [6.45, 7) is 2.77. The first kappa shape index (κ1) is 19.5. The fourth-order valence-electron chi connectivity index (χ4n) is 2.94. The Bertz CT molecular complexity index is 781. The molecule has 0 bridgehead atoms. The lowest BCUT2D eigenvalue weighted by atomic mass is 9.91. The first-order valence-corrected chi connectivity index (χ1v) is 10.1. The maximum Gasteiger partial charge on any atom is 0.317 e. The average Bonchev–Trinajstić information content (AvgIpc) is 2.50. The Labute approximate surface area is 151 Å². The zero-order valence-electron chi connectivity index (χ0n) is 14.0. The lowest BCUT2D eigenvalue weighted by molar-refractivity contribution is -0.143. The maximum atomic E-state index is 12.3. The number of hydrogen-bond donors (Lipinski definition) is 2. The van der Waals surface area contributed by atoms with E-state index in [-0.39, 0.29) is 35.0 Å². The van der Waals surface area contributed by atoms with Crippen LogP contribution in [0.25, 0.3) is 0 Å². The normalized spacial score (nSPS) is 21.0. The number of carbonyl (C=O) groups excluding carboxylic acids is 1. The molecule has 2 rings (SSSR count). The first-order valence-electron chi connectivity index (χ1n) is 7.82. The van der Waals surface area contributed by atoms with Crippen LogP contribution in [0.5, 0.6) is 0 Å². The van der Waals surface area contributed by atoms with Crippen LogP contribution in [0.1, 0.15) is 18.9 Å². The maximum absolute atomic E-state index is 12.3. The molecule has 2 atom stereocenters. The molecule has 2 N–H and O–H groups in total. The summed E-state index contributed by atoms with van der Waals surface area (Å²) in [5.41, 5.74) is 0.658. The van der Waals surface area contributed by atoms with Gasteiger partial charge in [0.2, 0.25) is 0 Å². The number of nitrogens with one attached hydrogen (secondary N) is 1. The van der Waals surface area contributed by atoms with E-state index < -0.39 is 21.7 Å². The number of rotatable bonds is 4. The number of carboxylic acid groups (broad SMARTS) is 1. The van der Waals surface area contributed by atoms with Gasteiger partial charge in [-0.15, -0.1) is 0 Å². The zero-order chi connectivity index (χ0) is 18.8. The summed E-state index contributed by atoms with van der Waals surface area (Å²) < 4.78 is 23.1. The van der Waals surface area contributed by atoms with Gasteiger partial charge in [-0.25, -0.2) is 13.2 Å². The van der Waals surface area contributed by atoms with Gasteiger partial charge < -0.3 is 15.3 Å². The third-order valence-electron chi connectivity index (χ3n) is 4.14. The van der Waals surface area contributed by atoms with Crippen molar-refractivity contribution in [3.8, 4) is 0 Å². The summed E-state index contributed by atoms with van der Waals surface area (Å²) >= 11 is 5.98. The zero-order valence-corrected chi connectivity index (χ0v) is 15.6. The van der Waals surface area contributed by atoms with E-state index >= 15 is 0 Å². The number of nitrogens with zero attached hydrogens (tertiary/aromatic N) is 1. The third-order valence-corrected chi connectivity index (χ3v) is 5.72. The van der Waals surface area contributed by atoms with Crippen LogP contribution in [-0.2, 0) is 21.2 Å². The molecule has 2 unspecified atom stereocenters. The van der Waals surface area contributed by atoms with Crippen molar-refractivity contribution >= 4 is 33.4 Å². The number of sulfone groups is 1. The van der Waals surface area contributed by atoms with E-state index in [0.717, 1.165) is 6.26 Å². The van der Waals surface area contributed by atoms with Crippen LogP contribution in [0.2, 0.25) is 5.02 Å². The number of aliphatic carboxylic acids is 1. The van der Waals surface area contributed by atoms with Crippen molar-refractivity contribution in [2.24, 2.45) is 11.8 Å². The monoisotopic (exact) mass is 388 g/mol. The van der Waals surface area contributed by atoms with Crippen LogP contribution in [0, 0.1) is 11.8 Å². The quantitative estimate of drug-likeness (QED) is 0.820. The van der Waals surface area contributed by atoms with Gasteiger partial charge in [0, 0.05) is 25.9 Å². The Morgan fingerprint density at radius 3 is 2.60 bits per heavy atom. The second-order valence-corrected chi connectivity index (χ2v) is 8.87. The molecule has 0 aromatic heterocycles. The SMILES string of the molecule is CC1CC(C(=O)O)CN(C(=O)NCc2ccc(S(C)(=O)=O)c(Cl)c2)C1. The highest BCUT2D eigenvalue weighted by molar-refractivity contribution is 7.90. The molecular formula is C16H21ClN2O5S. The molecule has 7 nitrogen and oxygen atoms in total. The smallest absolute Gasteiger partial charge is 0.317 e. The van der Waals surface area contributed by atoms with Gasteiger partial charge in [-0.05, 0) is 30.0 Å². The summed E-state index contributed by atoms with van der Waals surface area (Å²) in [6.07, 6.45) is 1.63. The van der Waals surface area contributed by atoms with Crippen LogP contribution in [-0.4, -0.2) is 49.8 Å². The Hall–Kier alpha value is -1.80. The van der Waals surface area contributed by atoms with Gasteiger partial charge in [-0.3, -0.25) is 4.79 Å². The highest BCUT2D eigenvalue weighted by atomic mass is 35.5. The van der Waals surface area contributed by atoms with Gasteiger partial charge in [-0.2, -0.15) is 0 Å². The number of likely N-dealkylation sites (tertiary alicyclic amines) is 1. The number of halogens is 1. The molecule has 9 heteroatoms. The van der Waals surface area contributed by atoms with Crippen LogP contribution in [0.4, 0.5) is 4.79 Å². The van der Waals surface area contributed by atoms with Gasteiger partial charge in [0.1, 0.15) is 0 Å². The molecule has 0 aliphatic carbocycles. The minimum atomic E-state index is -3.40. The van der Waals surface area contributed by atoms with Crippen molar-refractivity contribution in [2.75, 3.05) is 19.3 Å². The molecule has 1 fully saturated rings. The summed E-state index contributed by atoms with van der Waals surface area (Å²) in [5, 5.41) is 12.0. The van der Waals surface area contributed by atoms with Crippen LogP contribution in [0.15, 0.2) is 23.1 Å². The third kappa shape index (κ3) is 5.09. The first-order chi connectivity index (χ1) is 11.6. The van der Waals surface area contributed by atoms with Gasteiger partial charge in [-0.1, -0.05) is 24.6 Å². The Balaban J connectivity index is 2.00. The van der Waals surface area contributed by atoms with E-state index in [1.54, 1.807) is 6.07 Å². The van der Waals surface area contributed by atoms with Gasteiger partial charge in [0.25, 0.3) is 0 Å². The van der Waals surface area contributed by atoms with E-state index in [0.29, 0.717) is 18.5 Å². The molecule has 1 heterocycles. The summed E-state index contributed by atoms with van der Waals surface area (Å²) in [7, 11) is -3.40. The molecule has 1 aliphatic rings. The fourth-order valence-corrected chi connectivity index (χ4v) is 4.29. The number of amides is 2. The molecule has 2 amide bonds. The lowest BCUT2D eigenvalue weighted by Gasteiger charge is -2.34. The van der Waals surface area contributed by atoms with Crippen LogP contribution >= 0.6 is 11.6 Å². The predicted octanol–water partition coefficient (Wildman–Crippen LogP) is 2.00. The van der Waals surface area contributed by atoms with E-state index in [2.05, 4.69) is 5.32 Å². The van der Waals surface area contributed by atoms with Crippen molar-refractivity contribution in [3.05, 3.63) is 28.8 Å². The average molecular weight is 389 g/mol. The molecule has 0 spiro atoms. The van der Waals surface area contributed by atoms with Gasteiger partial charge >= 0.3 is 12.0 Å². The Kier molecular flexibility index (Phi) is 5.95. The molecule has 0 radical (unpaired) electrons. The van der Waals surface area contributed by atoms with E-state index in [9.17, 15) is 18.0 Å². The standard InChI is InChI=1S/C16H21ClN2O5S/c1-10-5-12(15(20)21)9-19(8-10)16(22)18-7-11-3-4-14(13(17)6-11)25(2,23)24/h3-4,6,10,12H,5,7-9H2,1-2H3,(H,18,22)(H,20,21). The number of benzene rings is 1. The fraction of sp³-hybridized carbons (Fsp3) is 0.500. The lowest BCUT2D eigenvalue weighted by Crippen LogP contribution is -2.49. The molecule has 138 valence electrons. The summed E-state index contributed by atoms with van der Waals surface area (Å²) in [5.74, 6) is -1.34.